The van der Waals surface area contributed by atoms with E-state index in [1.54, 1.807) is 0 Å². The molecule has 0 saturated carbocycles. The second kappa shape index (κ2) is 16.0. The van der Waals surface area contributed by atoms with Crippen molar-refractivity contribution >= 4 is 55.9 Å². The fourth-order valence-corrected chi connectivity index (χ4v) is 11.6. The minimum Gasteiger partial charge on any atom is -0.310 e. The zero-order valence-corrected chi connectivity index (χ0v) is 37.9. The summed E-state index contributed by atoms with van der Waals surface area (Å²) in [6, 6.07) is 84.4. The van der Waals surface area contributed by atoms with Crippen LogP contribution in [0.4, 0.5) is 34.1 Å². The minimum absolute atomic E-state index is 0.154. The quantitative estimate of drug-likeness (QED) is 0.151. The molecule has 11 aromatic carbocycles. The van der Waals surface area contributed by atoms with Crippen molar-refractivity contribution in [2.24, 2.45) is 0 Å². The van der Waals surface area contributed by atoms with Gasteiger partial charge in [0.05, 0.1) is 23.3 Å². The van der Waals surface area contributed by atoms with Gasteiger partial charge < -0.3 is 14.4 Å². The smallest absolute Gasteiger partial charge is 0.0727 e. The van der Waals surface area contributed by atoms with E-state index in [4.69, 9.17) is 6.85 Å². The van der Waals surface area contributed by atoms with Crippen molar-refractivity contribution in [1.29, 1.82) is 0 Å². The summed E-state index contributed by atoms with van der Waals surface area (Å²) in [6.07, 6.45) is 0. The van der Waals surface area contributed by atoms with Crippen molar-refractivity contribution in [2.45, 2.75) is 5.41 Å². The van der Waals surface area contributed by atoms with Gasteiger partial charge in [-0.1, -0.05) is 182 Å². The molecule has 0 saturated heterocycles. The van der Waals surface area contributed by atoms with Crippen molar-refractivity contribution in [1.82, 2.24) is 4.57 Å². The van der Waals surface area contributed by atoms with Gasteiger partial charge in [-0.25, -0.2) is 0 Å². The van der Waals surface area contributed by atoms with Gasteiger partial charge in [0.1, 0.15) is 0 Å². The Bertz CT molecular complexity index is 4190. The molecule has 0 bridgehead atoms. The molecule has 1 aromatic heterocycles. The SMILES string of the molecule is [2H]c1c([2H])c([2H])c(-c2cccc(N(c3ccc4c(c3)C3(c5ccccc5-c5ccc(N(c6ccccc6)c6ccccc6)cc53)c3ccccc3-4)c3ccc4c5ccccc5n(-c5ccccc5)c4c3)c2)c([2H])c1[2H]. The largest absolute Gasteiger partial charge is 0.310 e. The maximum Gasteiger partial charge on any atom is 0.0727 e. The average Bonchev–Trinajstić information content (AvgIpc) is 4.25. The predicted octanol–water partition coefficient (Wildman–Crippen LogP) is 17.7. The lowest BCUT2D eigenvalue weighted by Crippen LogP contribution is -2.26. The summed E-state index contributed by atoms with van der Waals surface area (Å²) in [5.41, 5.74) is 18.4. The fraction of sp³-hybridized carbons (Fsp3) is 0.0149. The molecule has 2 aliphatic rings. The Balaban J connectivity index is 1.04. The minimum atomic E-state index is -0.715. The van der Waals surface area contributed by atoms with Crippen molar-refractivity contribution in [3.05, 3.63) is 295 Å². The number of hydrogen-bond acceptors (Lipinski definition) is 2. The van der Waals surface area contributed by atoms with E-state index in [9.17, 15) is 0 Å². The van der Waals surface area contributed by atoms with E-state index in [0.29, 0.717) is 5.56 Å². The number of benzene rings is 11. The van der Waals surface area contributed by atoms with E-state index in [1.165, 1.54) is 33.4 Å². The lowest BCUT2D eigenvalue weighted by Gasteiger charge is -2.33. The third kappa shape index (κ3) is 6.01. The maximum atomic E-state index is 9.03. The molecule has 0 aliphatic heterocycles. The molecule has 12 aromatic rings. The van der Waals surface area contributed by atoms with E-state index >= 15 is 0 Å². The molecular weight excluding hydrogens is 847 g/mol. The zero-order chi connectivity index (χ0) is 50.5. The first-order valence-corrected chi connectivity index (χ1v) is 23.8. The highest BCUT2D eigenvalue weighted by Crippen LogP contribution is 2.64. The van der Waals surface area contributed by atoms with Crippen LogP contribution in [0.15, 0.2) is 273 Å². The Morgan fingerprint density at radius 1 is 0.314 bits per heavy atom. The molecule has 70 heavy (non-hydrogen) atoms. The van der Waals surface area contributed by atoms with Crippen LogP contribution in [0, 0.1) is 0 Å². The van der Waals surface area contributed by atoms with Crippen molar-refractivity contribution in [3.8, 4) is 39.1 Å². The van der Waals surface area contributed by atoms with Gasteiger partial charge in [-0.2, -0.15) is 0 Å². The highest BCUT2D eigenvalue weighted by Gasteiger charge is 2.52. The number of nitrogens with zero attached hydrogens (tertiary/aromatic N) is 3. The predicted molar refractivity (Wildman–Crippen MR) is 292 cm³/mol. The summed E-state index contributed by atoms with van der Waals surface area (Å²) >= 11 is 0. The lowest BCUT2D eigenvalue weighted by molar-refractivity contribution is 0.793. The Hall–Kier alpha value is -9.18. The van der Waals surface area contributed by atoms with Gasteiger partial charge in [-0.05, 0) is 147 Å². The van der Waals surface area contributed by atoms with Crippen molar-refractivity contribution < 1.29 is 6.85 Å². The fourth-order valence-electron chi connectivity index (χ4n) is 11.6. The zero-order valence-electron chi connectivity index (χ0n) is 42.9. The Labute approximate surface area is 415 Å². The topological polar surface area (TPSA) is 11.4 Å². The van der Waals surface area contributed by atoms with Crippen LogP contribution in [0.5, 0.6) is 0 Å². The van der Waals surface area contributed by atoms with Crippen molar-refractivity contribution in [2.75, 3.05) is 9.80 Å². The third-order valence-corrected chi connectivity index (χ3v) is 14.4. The molecule has 0 radical (unpaired) electrons. The molecule has 328 valence electrons. The summed E-state index contributed by atoms with van der Waals surface area (Å²) in [5, 5.41) is 2.26. The van der Waals surface area contributed by atoms with E-state index in [2.05, 4.69) is 227 Å². The molecular formula is C67H45N3. The molecule has 3 heteroatoms. The summed E-state index contributed by atoms with van der Waals surface area (Å²) in [4.78, 5) is 4.59. The number of para-hydroxylation sites is 4. The number of anilines is 6. The van der Waals surface area contributed by atoms with Crippen LogP contribution < -0.4 is 9.80 Å². The monoisotopic (exact) mass is 896 g/mol. The summed E-state index contributed by atoms with van der Waals surface area (Å²) in [6.45, 7) is 0. The van der Waals surface area contributed by atoms with E-state index in [-0.39, 0.29) is 29.7 Å². The highest BCUT2D eigenvalue weighted by atomic mass is 15.2. The van der Waals surface area contributed by atoms with Gasteiger partial charge in [0.25, 0.3) is 0 Å². The molecule has 1 spiro atoms. The summed E-state index contributed by atoms with van der Waals surface area (Å²) in [5.74, 6) is 0. The molecule has 3 nitrogen and oxygen atoms in total. The molecule has 1 unspecified atom stereocenters. The molecule has 2 aliphatic carbocycles. The Morgan fingerprint density at radius 2 is 0.786 bits per heavy atom. The molecule has 0 fully saturated rings. The second-order valence-corrected chi connectivity index (χ2v) is 18.1. The molecule has 0 amide bonds. The maximum absolute atomic E-state index is 9.03. The van der Waals surface area contributed by atoms with Gasteiger partial charge >= 0.3 is 0 Å². The number of hydrogen-bond donors (Lipinski definition) is 0. The molecule has 0 N–H and O–H groups in total. The lowest BCUT2D eigenvalue weighted by atomic mass is 9.70. The summed E-state index contributed by atoms with van der Waals surface area (Å²) in [7, 11) is 0. The van der Waals surface area contributed by atoms with Crippen LogP contribution in [-0.2, 0) is 5.41 Å². The van der Waals surface area contributed by atoms with Crippen LogP contribution in [0.25, 0.3) is 60.9 Å². The van der Waals surface area contributed by atoms with Crippen molar-refractivity contribution in [3.63, 3.8) is 0 Å². The molecule has 1 atom stereocenters. The third-order valence-electron chi connectivity index (χ3n) is 14.4. The Morgan fingerprint density at radius 3 is 1.43 bits per heavy atom. The van der Waals surface area contributed by atoms with E-state index in [0.717, 1.165) is 72.7 Å². The first-order valence-electron chi connectivity index (χ1n) is 26.3. The first kappa shape index (κ1) is 35.0. The van der Waals surface area contributed by atoms with Gasteiger partial charge in [-0.3, -0.25) is 0 Å². The average molecular weight is 897 g/mol. The number of fused-ring (bicyclic) bond motifs is 13. The van der Waals surface area contributed by atoms with Crippen LogP contribution in [0.2, 0.25) is 0 Å². The van der Waals surface area contributed by atoms with Gasteiger partial charge in [-0.15, -0.1) is 0 Å². The van der Waals surface area contributed by atoms with Crippen LogP contribution >= 0.6 is 0 Å². The van der Waals surface area contributed by atoms with Crippen LogP contribution in [-0.4, -0.2) is 4.57 Å². The van der Waals surface area contributed by atoms with Gasteiger partial charge in [0.2, 0.25) is 0 Å². The van der Waals surface area contributed by atoms with Crippen LogP contribution in [0.1, 0.15) is 29.1 Å². The Kier molecular flexibility index (Phi) is 8.00. The van der Waals surface area contributed by atoms with E-state index in [1.807, 2.05) is 30.3 Å². The number of aromatic nitrogens is 1. The molecule has 1 heterocycles. The standard InChI is InChI=1S/C67H45N3/c1-5-20-46(21-6-1)47-22-19-29-51(42-47)69(54-38-41-60-59-32-15-18-35-65(59)70(66(60)45-54)50-27-11-4-12-28-50)53-37-40-58-56-31-14-17-34-62(56)67(64(58)44-53)61-33-16-13-30-55(61)57-39-36-52(43-63(57)67)68(48-23-7-2-8-24-48)49-25-9-3-10-26-49/h1-45H/i1D,5D,6D,20D,21D. The van der Waals surface area contributed by atoms with E-state index < -0.39 is 11.5 Å². The number of rotatable bonds is 8. The van der Waals surface area contributed by atoms with Gasteiger partial charge in [0, 0.05) is 50.6 Å². The second-order valence-electron chi connectivity index (χ2n) is 18.1. The first-order chi connectivity index (χ1) is 36.8. The highest BCUT2D eigenvalue weighted by molar-refractivity contribution is 6.10. The summed E-state index contributed by atoms with van der Waals surface area (Å²) < 4.78 is 46.0. The van der Waals surface area contributed by atoms with Gasteiger partial charge in [0.15, 0.2) is 0 Å². The normalized spacial score (nSPS) is 15.1. The van der Waals surface area contributed by atoms with Crippen LogP contribution in [0.3, 0.4) is 0 Å². The molecule has 14 rings (SSSR count).